The second-order valence-electron chi connectivity index (χ2n) is 25.1. The third-order valence-electron chi connectivity index (χ3n) is 12.0. The Hall–Kier alpha value is -4.98. The molecule has 5 N–H and O–H groups in total. The van der Waals surface area contributed by atoms with Gasteiger partial charge in [-0.05, 0) is 135 Å². The number of carbonyl (C=O) groups excluding carboxylic acids is 8. The topological polar surface area (TPSA) is 300 Å². The Morgan fingerprint density at radius 2 is 0.759 bits per heavy atom. The number of nitrogens with one attached hydrogen (secondary N) is 3. The maximum atomic E-state index is 12.5. The van der Waals surface area contributed by atoms with Gasteiger partial charge in [0.25, 0.3) is 0 Å². The minimum atomic E-state index is -2.22. The number of aliphatic carboxylic acids is 2. The van der Waals surface area contributed by atoms with Gasteiger partial charge >= 0.3 is 29.8 Å². The number of amides is 3. The number of esters is 3. The molecule has 2 rings (SSSR count). The summed E-state index contributed by atoms with van der Waals surface area (Å²) >= 11 is 0. The van der Waals surface area contributed by atoms with E-state index in [1.165, 1.54) is 13.8 Å². The summed E-state index contributed by atoms with van der Waals surface area (Å²) in [5.41, 5.74) is -1.32. The van der Waals surface area contributed by atoms with Gasteiger partial charge in [0, 0.05) is 66.7 Å². The van der Waals surface area contributed by atoms with Gasteiger partial charge < -0.3 is 49.8 Å². The quantitative estimate of drug-likeness (QED) is 0.0227. The molecule has 0 aliphatic carbocycles. The van der Waals surface area contributed by atoms with Crippen molar-refractivity contribution >= 4 is 59.1 Å². The van der Waals surface area contributed by atoms with E-state index in [-0.39, 0.29) is 81.5 Å². The number of epoxide rings is 2. The first-order chi connectivity index (χ1) is 42.9. The Kier molecular flexibility index (Phi) is 29.0. The molecule has 2 fully saturated rings. The van der Waals surface area contributed by atoms with E-state index in [9.17, 15) is 47.9 Å². The molecule has 83 heavy (non-hydrogen) atoms. The molecule has 0 saturated carbocycles. The molecule has 20 heteroatoms. The number of ether oxygens (including phenoxy) is 5. The lowest BCUT2D eigenvalue weighted by Gasteiger charge is -2.23. The monoisotopic (exact) mass is 1200 g/mol. The largest absolute Gasteiger partial charge is 0.481 e. The number of hydrogen-bond acceptors (Lipinski definition) is 15. The zero-order valence-electron chi connectivity index (χ0n) is 64.8. The second-order valence-corrected chi connectivity index (χ2v) is 25.1. The number of ketones is 2. The fraction of sp³-hybridized carbons (Fsp3) is 0.841. The Bertz CT molecular complexity index is 2440. The van der Waals surface area contributed by atoms with Crippen LogP contribution in [0.25, 0.3) is 0 Å². The van der Waals surface area contributed by atoms with Crippen molar-refractivity contribution in [3.63, 3.8) is 0 Å². The molecule has 2 aliphatic rings. The highest BCUT2D eigenvalue weighted by Gasteiger charge is 2.52. The molecule has 4 unspecified atom stereocenters. The number of Topliss-reactive ketones (excluding diaryl/α,β-unsaturated/α-hetero) is 2. The normalized spacial score (nSPS) is 21.8. The summed E-state index contributed by atoms with van der Waals surface area (Å²) in [4.78, 5) is 119. The summed E-state index contributed by atoms with van der Waals surface area (Å²) in [6, 6.07) is 0. The first-order valence-corrected chi connectivity index (χ1v) is 29.2. The fourth-order valence-electron chi connectivity index (χ4n) is 7.91. The Morgan fingerprint density at radius 3 is 1.04 bits per heavy atom. The van der Waals surface area contributed by atoms with E-state index in [4.69, 9.17) is 50.3 Å². The van der Waals surface area contributed by atoms with Gasteiger partial charge in [-0.15, -0.1) is 0 Å². The van der Waals surface area contributed by atoms with E-state index in [0.29, 0.717) is 37.4 Å². The van der Waals surface area contributed by atoms with Gasteiger partial charge in [0.1, 0.15) is 11.2 Å². The van der Waals surface area contributed by atoms with Gasteiger partial charge in [-0.1, -0.05) is 96.6 Å². The van der Waals surface area contributed by atoms with E-state index in [1.807, 2.05) is 27.7 Å². The minimum absolute atomic E-state index is 0.0280. The van der Waals surface area contributed by atoms with Crippen molar-refractivity contribution < 1.29 is 98.3 Å². The van der Waals surface area contributed by atoms with Crippen LogP contribution < -0.4 is 16.0 Å². The first kappa shape index (κ1) is 59.7. The van der Waals surface area contributed by atoms with Crippen LogP contribution in [0.2, 0.25) is 0 Å². The van der Waals surface area contributed by atoms with Crippen molar-refractivity contribution in [2.24, 2.45) is 65.1 Å². The zero-order valence-corrected chi connectivity index (χ0v) is 52.8. The molecule has 0 aromatic rings. The third-order valence-corrected chi connectivity index (χ3v) is 12.0. The van der Waals surface area contributed by atoms with Crippen molar-refractivity contribution in [1.82, 2.24) is 16.0 Å². The van der Waals surface area contributed by atoms with Gasteiger partial charge in [0.2, 0.25) is 17.7 Å². The van der Waals surface area contributed by atoms with Crippen LogP contribution >= 0.6 is 0 Å². The van der Waals surface area contributed by atoms with Crippen LogP contribution in [0.15, 0.2) is 0 Å². The molecule has 482 valence electrons. The zero-order chi connectivity index (χ0) is 74.7. The van der Waals surface area contributed by atoms with E-state index < -0.39 is 146 Å². The van der Waals surface area contributed by atoms with Crippen LogP contribution in [0.3, 0.4) is 0 Å². The molecule has 0 radical (unpaired) electrons. The molecular weight excluding hydrogens is 1070 g/mol. The van der Waals surface area contributed by atoms with Crippen molar-refractivity contribution in [3.8, 4) is 0 Å². The van der Waals surface area contributed by atoms with Gasteiger partial charge in [-0.3, -0.25) is 38.4 Å². The molecule has 0 spiro atoms. The summed E-state index contributed by atoms with van der Waals surface area (Å²) in [6.07, 6.45) is -2.27. The lowest BCUT2D eigenvalue weighted by molar-refractivity contribution is -0.160. The number of hydrogen-bond donors (Lipinski definition) is 5. The van der Waals surface area contributed by atoms with E-state index in [2.05, 4.69) is 29.8 Å². The van der Waals surface area contributed by atoms with Crippen molar-refractivity contribution in [3.05, 3.63) is 0 Å². The summed E-state index contributed by atoms with van der Waals surface area (Å²) in [7, 11) is 0. The van der Waals surface area contributed by atoms with Crippen molar-refractivity contribution in [2.45, 2.75) is 251 Å². The van der Waals surface area contributed by atoms with Crippen LogP contribution in [0, 0.1) is 65.1 Å². The lowest BCUT2D eigenvalue weighted by atomic mass is 9.90. The predicted molar refractivity (Wildman–Crippen MR) is 319 cm³/mol. The number of rotatable bonds is 34. The average Bonchev–Trinajstić information content (AvgIpc) is 1.67. The smallest absolute Gasteiger partial charge is 0.338 e. The predicted octanol–water partition coefficient (Wildman–Crippen LogP) is 9.73. The summed E-state index contributed by atoms with van der Waals surface area (Å²) in [5.74, 6) is -10.9. The summed E-state index contributed by atoms with van der Waals surface area (Å²) < 4.78 is 114. The van der Waals surface area contributed by atoms with E-state index in [0.717, 1.165) is 19.3 Å². The molecule has 0 aromatic heterocycles. The molecule has 2 saturated heterocycles. The number of carboxylic acids is 2. The molecule has 20 nitrogen and oxygen atoms in total. The third kappa shape index (κ3) is 41.6. The first-order valence-electron chi connectivity index (χ1n) is 35.2. The molecular formula is C63H113N3O17. The van der Waals surface area contributed by atoms with Crippen LogP contribution in [0.5, 0.6) is 0 Å². The Labute approximate surface area is 515 Å². The highest BCUT2D eigenvalue weighted by molar-refractivity contribution is 5.97. The molecule has 0 bridgehead atoms. The number of carbonyl (C=O) groups is 10. The second kappa shape index (κ2) is 40.4. The van der Waals surface area contributed by atoms with Gasteiger partial charge in [-0.25, -0.2) is 9.59 Å². The maximum absolute atomic E-state index is 12.5. The molecule has 2 aliphatic heterocycles. The standard InChI is InChI=1S/C18H31NO5.C17H33NO3.C16H27NO5.C12H22O4/c1-6-23-18(22)16-15(24-16)14(20)10-13(9-12(4)5)17(21)19-8-7-11(2)3;1-12(2)8-9-18-16(20)14(10-13(3)4)11-15(19)21-17(5,6)7;1-9(2)5-6-17-15(19)11(7-10(3)4)8-12(18)13-14(22-13)16(20)21;1-8(2)6-9(11(14)15)7-10(13)16-12(3,4)5/h11-13,15-16H,6-10H2,1-5H3,(H,19,21);12-14H,8-11H2,1-7H3,(H,18,20);9-11,13-14H,5-8H2,1-4H3,(H,17,19)(H,20,21);8-9H,6-7H2,1-5H3,(H,14,15)/t13-,15-,16+;14-;11-,13-,14+;9-/m1111/s1/i4D3;2*3D3;1D3/t12?,13-,15-,16+;13?,14-;10?,11-,13-,14+;8?,9-. The lowest BCUT2D eigenvalue weighted by Crippen LogP contribution is -2.35. The van der Waals surface area contributed by atoms with E-state index in [1.54, 1.807) is 62.3 Å². The van der Waals surface area contributed by atoms with Crippen molar-refractivity contribution in [1.29, 1.82) is 0 Å². The Morgan fingerprint density at radius 1 is 0.458 bits per heavy atom. The van der Waals surface area contributed by atoms with Crippen molar-refractivity contribution in [2.75, 3.05) is 26.2 Å². The highest BCUT2D eigenvalue weighted by Crippen LogP contribution is 2.30. The van der Waals surface area contributed by atoms with Gasteiger partial charge in [-0.2, -0.15) is 0 Å². The average molecular weight is 1200 g/mol. The van der Waals surface area contributed by atoms with Crippen LogP contribution in [-0.4, -0.2) is 131 Å². The molecule has 2 heterocycles. The maximum Gasteiger partial charge on any atom is 0.338 e. The van der Waals surface area contributed by atoms with Crippen LogP contribution in [0.4, 0.5) is 0 Å². The fourth-order valence-corrected chi connectivity index (χ4v) is 7.91. The van der Waals surface area contributed by atoms with Gasteiger partial charge in [0.05, 0.1) is 25.4 Å². The van der Waals surface area contributed by atoms with E-state index >= 15 is 0 Å². The van der Waals surface area contributed by atoms with Gasteiger partial charge in [0.15, 0.2) is 36.0 Å². The number of carboxylic acid groups (broad SMARTS) is 2. The molecule has 12 atom stereocenters. The minimum Gasteiger partial charge on any atom is -0.481 e. The Balaban J connectivity index is 0. The summed E-state index contributed by atoms with van der Waals surface area (Å²) in [6.45, 7) is 23.1. The van der Waals surface area contributed by atoms with Crippen LogP contribution in [-0.2, 0) is 71.6 Å². The molecule has 0 aromatic carbocycles. The SMILES string of the molecule is [2H]C([2H])([2H])C(C)C[C@H](CC(=O)OC(C)(C)C)C(=O)NCCC(C)C.[2H]C([2H])([2H])C(C)C[C@H](CC(=O)OC(C)(C)C)C(=O)O.[2H]C([2H])([2H])C(C)C[C@H](CC(=O)[C@H]1O[C@@H]1C(=O)O)C(=O)NCCC(C)C.[2H]C([2H])([2H])C(C)C[C@H](CC(=O)[C@H]1O[C@@H]1C(=O)OCC)C(=O)NCCC(C)C. The highest BCUT2D eigenvalue weighted by atomic mass is 16.6. The molecule has 3 amide bonds. The van der Waals surface area contributed by atoms with Crippen LogP contribution in [0.1, 0.15) is 232 Å². The summed E-state index contributed by atoms with van der Waals surface area (Å²) in [5, 5.41) is 26.2.